The Hall–Kier alpha value is -0.700. The summed E-state index contributed by atoms with van der Waals surface area (Å²) >= 11 is 0. The van der Waals surface area contributed by atoms with Crippen molar-refractivity contribution in [3.63, 3.8) is 0 Å². The molecule has 22 heavy (non-hydrogen) atoms. The van der Waals surface area contributed by atoms with Gasteiger partial charge in [-0.05, 0) is 13.3 Å². The number of hydrogen-bond acceptors (Lipinski definition) is 6. The minimum absolute atomic E-state index is 0.0699. The van der Waals surface area contributed by atoms with Gasteiger partial charge in [-0.3, -0.25) is 14.3 Å². The molecule has 1 aromatic heterocycles. The predicted octanol–water partition coefficient (Wildman–Crippen LogP) is 1.67. The highest BCUT2D eigenvalue weighted by molar-refractivity contribution is 8.76. The molecule has 124 valence electrons. The summed E-state index contributed by atoms with van der Waals surface area (Å²) in [6.07, 6.45) is 3.76. The number of aliphatic hydroxyl groups excluding tert-OH is 1. The van der Waals surface area contributed by atoms with E-state index in [1.54, 1.807) is 28.5 Å². The van der Waals surface area contributed by atoms with Crippen molar-refractivity contribution in [2.24, 2.45) is 0 Å². The molecule has 1 aliphatic heterocycles. The summed E-state index contributed by atoms with van der Waals surface area (Å²) in [5, 5.41) is 9.61. The van der Waals surface area contributed by atoms with Crippen LogP contribution in [-0.4, -0.2) is 38.4 Å². The van der Waals surface area contributed by atoms with Crippen LogP contribution in [0.25, 0.3) is 0 Å². The number of ether oxygens (including phenoxy) is 1. The van der Waals surface area contributed by atoms with Crippen LogP contribution in [0.15, 0.2) is 15.8 Å². The van der Waals surface area contributed by atoms with Gasteiger partial charge in [0, 0.05) is 29.2 Å². The molecule has 8 heteroatoms. The Morgan fingerprint density at radius 2 is 2.27 bits per heavy atom. The lowest BCUT2D eigenvalue weighted by molar-refractivity contribution is -0.0238. The highest BCUT2D eigenvalue weighted by atomic mass is 33.1. The molecular weight excluding hydrogens is 324 g/mol. The summed E-state index contributed by atoms with van der Waals surface area (Å²) in [7, 11) is 3.49. The van der Waals surface area contributed by atoms with Gasteiger partial charge in [-0.1, -0.05) is 34.9 Å². The number of H-pyrrole nitrogens is 1. The van der Waals surface area contributed by atoms with E-state index >= 15 is 0 Å². The minimum Gasteiger partial charge on any atom is -0.394 e. The van der Waals surface area contributed by atoms with Crippen LogP contribution in [0.4, 0.5) is 0 Å². The van der Waals surface area contributed by atoms with E-state index in [0.717, 1.165) is 18.6 Å². The first-order valence-electron chi connectivity index (χ1n) is 7.43. The highest BCUT2D eigenvalue weighted by Gasteiger charge is 2.36. The quantitative estimate of drug-likeness (QED) is 0.577. The van der Waals surface area contributed by atoms with Gasteiger partial charge in [0.1, 0.15) is 6.23 Å². The fourth-order valence-corrected chi connectivity index (χ4v) is 5.24. The number of aryl methyl sites for hydroxylation is 1. The second-order valence-corrected chi connectivity index (χ2v) is 8.06. The number of rotatable bonds is 7. The summed E-state index contributed by atoms with van der Waals surface area (Å²) in [6, 6.07) is 0. The summed E-state index contributed by atoms with van der Waals surface area (Å²) in [6.45, 7) is 3.74. The third kappa shape index (κ3) is 4.18. The molecule has 0 saturated carbocycles. The number of aromatic amines is 1. The van der Waals surface area contributed by atoms with Crippen molar-refractivity contribution in [2.45, 2.75) is 50.7 Å². The standard InChI is InChI=1S/C14H22N2O4S2/c1-3-4-5-21-22-11-6-12(20-10(11)8-17)16-7-9(2)13(18)15-14(16)19/h7,10-12,17H,3-6,8H2,1-2H3,(H,15,18,19)/t10-,11+,12-/m1/s1. The van der Waals surface area contributed by atoms with Crippen molar-refractivity contribution < 1.29 is 9.84 Å². The zero-order valence-electron chi connectivity index (χ0n) is 12.8. The molecule has 1 saturated heterocycles. The van der Waals surface area contributed by atoms with Crippen molar-refractivity contribution in [1.29, 1.82) is 0 Å². The van der Waals surface area contributed by atoms with Crippen molar-refractivity contribution in [2.75, 3.05) is 12.4 Å². The first-order chi connectivity index (χ1) is 10.6. The van der Waals surface area contributed by atoms with Crippen LogP contribution in [-0.2, 0) is 4.74 Å². The Bertz CT molecular complexity index is 601. The fourth-order valence-electron chi connectivity index (χ4n) is 2.28. The second kappa shape index (κ2) is 8.24. The summed E-state index contributed by atoms with van der Waals surface area (Å²) in [4.78, 5) is 25.7. The molecule has 0 amide bonds. The van der Waals surface area contributed by atoms with Crippen molar-refractivity contribution in [3.8, 4) is 0 Å². The molecule has 0 spiro atoms. The van der Waals surface area contributed by atoms with E-state index in [4.69, 9.17) is 4.74 Å². The van der Waals surface area contributed by atoms with Crippen molar-refractivity contribution >= 4 is 21.6 Å². The zero-order valence-corrected chi connectivity index (χ0v) is 14.4. The third-order valence-corrected chi connectivity index (χ3v) is 6.57. The maximum atomic E-state index is 11.9. The fraction of sp³-hybridized carbons (Fsp3) is 0.714. The van der Waals surface area contributed by atoms with E-state index in [-0.39, 0.29) is 23.5 Å². The largest absolute Gasteiger partial charge is 0.394 e. The van der Waals surface area contributed by atoms with Gasteiger partial charge in [0.05, 0.1) is 12.7 Å². The topological polar surface area (TPSA) is 84.3 Å². The summed E-state index contributed by atoms with van der Waals surface area (Å²) in [5.74, 6) is 1.07. The molecule has 2 heterocycles. The van der Waals surface area contributed by atoms with Gasteiger partial charge >= 0.3 is 5.69 Å². The van der Waals surface area contributed by atoms with Crippen LogP contribution < -0.4 is 11.2 Å². The zero-order chi connectivity index (χ0) is 16.1. The molecule has 2 rings (SSSR count). The van der Waals surface area contributed by atoms with Crippen LogP contribution in [0.1, 0.15) is 38.0 Å². The van der Waals surface area contributed by atoms with Crippen molar-refractivity contribution in [3.05, 3.63) is 32.6 Å². The van der Waals surface area contributed by atoms with Crippen LogP contribution in [0, 0.1) is 6.92 Å². The number of aliphatic hydroxyl groups is 1. The Balaban J connectivity index is 2.06. The molecule has 1 fully saturated rings. The van der Waals surface area contributed by atoms with Gasteiger partial charge in [0.2, 0.25) is 0 Å². The van der Waals surface area contributed by atoms with Gasteiger partial charge in [-0.2, -0.15) is 0 Å². The monoisotopic (exact) mass is 346 g/mol. The van der Waals surface area contributed by atoms with Crippen LogP contribution >= 0.6 is 21.6 Å². The lowest BCUT2D eigenvalue weighted by atomic mass is 10.2. The molecule has 0 aliphatic carbocycles. The average molecular weight is 346 g/mol. The lowest BCUT2D eigenvalue weighted by Crippen LogP contribution is -2.33. The average Bonchev–Trinajstić information content (AvgIpc) is 2.90. The number of aromatic nitrogens is 2. The number of unbranched alkanes of at least 4 members (excludes halogenated alkanes) is 1. The number of nitrogens with one attached hydrogen (secondary N) is 1. The van der Waals surface area contributed by atoms with Gasteiger partial charge in [-0.15, -0.1) is 0 Å². The van der Waals surface area contributed by atoms with E-state index in [9.17, 15) is 14.7 Å². The molecule has 0 bridgehead atoms. The van der Waals surface area contributed by atoms with E-state index in [1.807, 2.05) is 0 Å². The van der Waals surface area contributed by atoms with Crippen LogP contribution in [0.3, 0.4) is 0 Å². The maximum Gasteiger partial charge on any atom is 0.330 e. The van der Waals surface area contributed by atoms with Gasteiger partial charge < -0.3 is 9.84 Å². The summed E-state index contributed by atoms with van der Waals surface area (Å²) < 4.78 is 7.21. The van der Waals surface area contributed by atoms with Crippen LogP contribution in [0.2, 0.25) is 0 Å². The first-order valence-corrected chi connectivity index (χ1v) is 9.81. The molecule has 0 unspecified atom stereocenters. The van der Waals surface area contributed by atoms with Gasteiger partial charge in [-0.25, -0.2) is 4.79 Å². The maximum absolute atomic E-state index is 11.9. The molecular formula is C14H22N2O4S2. The molecule has 2 N–H and O–H groups in total. The smallest absolute Gasteiger partial charge is 0.330 e. The van der Waals surface area contributed by atoms with E-state index in [0.29, 0.717) is 12.0 Å². The Morgan fingerprint density at radius 3 is 2.95 bits per heavy atom. The lowest BCUT2D eigenvalue weighted by Gasteiger charge is -2.15. The predicted molar refractivity (Wildman–Crippen MR) is 90.4 cm³/mol. The van der Waals surface area contributed by atoms with Crippen LogP contribution in [0.5, 0.6) is 0 Å². The van der Waals surface area contributed by atoms with E-state index in [1.165, 1.54) is 10.8 Å². The molecule has 0 aromatic carbocycles. The second-order valence-electron chi connectivity index (χ2n) is 5.34. The molecule has 6 nitrogen and oxygen atoms in total. The number of hydrogen-bond donors (Lipinski definition) is 2. The minimum atomic E-state index is -0.471. The molecule has 1 aliphatic rings. The Kier molecular flexibility index (Phi) is 6.61. The van der Waals surface area contributed by atoms with Gasteiger partial charge in [0.15, 0.2) is 0 Å². The Labute approximate surface area is 137 Å². The normalized spacial score (nSPS) is 24.8. The SMILES string of the molecule is CCCCSS[C@H]1C[C@H](n2cc(C)c(=O)[nH]c2=O)O[C@@H]1CO. The first kappa shape index (κ1) is 17.7. The summed E-state index contributed by atoms with van der Waals surface area (Å²) in [5.41, 5.74) is -0.377. The van der Waals surface area contributed by atoms with E-state index in [2.05, 4.69) is 11.9 Å². The van der Waals surface area contributed by atoms with E-state index < -0.39 is 11.9 Å². The van der Waals surface area contributed by atoms with Gasteiger partial charge in [0.25, 0.3) is 5.56 Å². The number of nitrogens with zero attached hydrogens (tertiary/aromatic N) is 1. The molecule has 3 atom stereocenters. The molecule has 0 radical (unpaired) electrons. The van der Waals surface area contributed by atoms with Crippen molar-refractivity contribution in [1.82, 2.24) is 9.55 Å². The third-order valence-electron chi connectivity index (χ3n) is 3.59. The molecule has 1 aromatic rings. The Morgan fingerprint density at radius 1 is 1.50 bits per heavy atom. The highest BCUT2D eigenvalue weighted by Crippen LogP contribution is 2.41.